The van der Waals surface area contributed by atoms with E-state index >= 15 is 0 Å². The lowest BCUT2D eigenvalue weighted by molar-refractivity contribution is -0.136. The molecule has 55 heavy (non-hydrogen) atoms. The summed E-state index contributed by atoms with van der Waals surface area (Å²) >= 11 is 0. The topological polar surface area (TPSA) is 237 Å². The number of anilines is 3. The van der Waals surface area contributed by atoms with Gasteiger partial charge in [0.05, 0.1) is 22.2 Å². The van der Waals surface area contributed by atoms with Gasteiger partial charge in [0.15, 0.2) is 15.7 Å². The van der Waals surface area contributed by atoms with Crippen LogP contribution in [0.5, 0.6) is 0 Å². The minimum atomic E-state index is -3.37. The van der Waals surface area contributed by atoms with E-state index in [9.17, 15) is 37.5 Å². The van der Waals surface area contributed by atoms with Crippen LogP contribution in [0, 0.1) is 5.92 Å². The first-order chi connectivity index (χ1) is 26.2. The number of hydrogen-bond donors (Lipinski definition) is 5. The van der Waals surface area contributed by atoms with E-state index in [2.05, 4.69) is 25.8 Å². The number of aliphatic hydroxyl groups is 1. The Kier molecular flexibility index (Phi) is 10.7. The van der Waals surface area contributed by atoms with Gasteiger partial charge in [-0.1, -0.05) is 6.07 Å². The van der Waals surface area contributed by atoms with Gasteiger partial charge in [-0.15, -0.1) is 0 Å². The third-order valence-electron chi connectivity index (χ3n) is 10.6. The molecule has 3 atom stereocenters. The number of imide groups is 2. The summed E-state index contributed by atoms with van der Waals surface area (Å²) in [5.41, 5.74) is 7.75. The van der Waals surface area contributed by atoms with Crippen molar-refractivity contribution in [2.75, 3.05) is 42.7 Å². The number of nitrogens with one attached hydrogen (secondary N) is 3. The van der Waals surface area contributed by atoms with Gasteiger partial charge in [-0.05, 0) is 87.2 Å². The molecule has 0 spiro atoms. The molecular weight excluding hydrogens is 731 g/mol. The average molecular weight is 774 g/mol. The van der Waals surface area contributed by atoms with Crippen molar-refractivity contribution in [2.45, 2.75) is 68.3 Å². The van der Waals surface area contributed by atoms with E-state index in [1.165, 1.54) is 18.3 Å². The monoisotopic (exact) mass is 773 g/mol. The summed E-state index contributed by atoms with van der Waals surface area (Å²) in [6.07, 6.45) is 4.33. The highest BCUT2D eigenvalue weighted by Crippen LogP contribution is 2.30. The minimum absolute atomic E-state index is 0.00531. The maximum Gasteiger partial charge on any atom is 0.262 e. The SMILES string of the molecule is CS(=O)(=O)c1ccc(Nc2nc(N3CCCC(NC(=O)C4CCN(Cc5ccc6c(c5)C(=O)N(C5CCC(=O)NC5=O)C6=O)CC4)C3)cnc2C(N)O)cc1. The number of amides is 5. The summed E-state index contributed by atoms with van der Waals surface area (Å²) in [7, 11) is -3.37. The van der Waals surface area contributed by atoms with Gasteiger partial charge in [0.2, 0.25) is 17.7 Å². The van der Waals surface area contributed by atoms with Crippen LogP contribution in [0.1, 0.15) is 76.7 Å². The number of benzene rings is 2. The number of piperidine rings is 3. The number of sulfone groups is 1. The van der Waals surface area contributed by atoms with Crippen LogP contribution in [0.25, 0.3) is 0 Å². The molecule has 3 fully saturated rings. The number of carbonyl (C=O) groups excluding carboxylic acids is 5. The fourth-order valence-corrected chi connectivity index (χ4v) is 8.25. The molecule has 4 aliphatic heterocycles. The van der Waals surface area contributed by atoms with E-state index in [0.717, 1.165) is 29.6 Å². The van der Waals surface area contributed by atoms with Crippen LogP contribution in [0.3, 0.4) is 0 Å². The third-order valence-corrected chi connectivity index (χ3v) is 11.7. The Hall–Kier alpha value is -5.30. The smallest absolute Gasteiger partial charge is 0.262 e. The van der Waals surface area contributed by atoms with Gasteiger partial charge in [-0.2, -0.15) is 0 Å². The molecule has 1 aromatic heterocycles. The first-order valence-corrected chi connectivity index (χ1v) is 20.1. The molecule has 5 heterocycles. The second-order valence-corrected chi connectivity index (χ2v) is 16.5. The van der Waals surface area contributed by atoms with Gasteiger partial charge in [0, 0.05) is 50.0 Å². The predicted octanol–water partition coefficient (Wildman–Crippen LogP) is 0.972. The second kappa shape index (κ2) is 15.4. The average Bonchev–Trinajstić information content (AvgIpc) is 3.39. The number of hydrogen-bond acceptors (Lipinski definition) is 14. The van der Waals surface area contributed by atoms with Crippen molar-refractivity contribution in [2.24, 2.45) is 11.7 Å². The lowest BCUT2D eigenvalue weighted by Crippen LogP contribution is -2.54. The van der Waals surface area contributed by atoms with E-state index in [4.69, 9.17) is 10.7 Å². The van der Waals surface area contributed by atoms with E-state index in [-0.39, 0.29) is 58.2 Å². The molecule has 6 N–H and O–H groups in total. The van der Waals surface area contributed by atoms with Crippen LogP contribution in [0.2, 0.25) is 0 Å². The Labute approximate surface area is 317 Å². The number of nitrogens with zero attached hydrogens (tertiary/aromatic N) is 5. The van der Waals surface area contributed by atoms with Crippen molar-refractivity contribution in [1.82, 2.24) is 30.4 Å². The standard InChI is InChI=1S/C37H43N9O8S/c1-55(53,54)25-7-5-23(6-8-25)40-33-31(32(38)48)39-18-29(42-33)45-14-2-3-24(20-45)41-34(49)22-12-15-44(16-13-22)19-21-4-9-26-27(17-21)37(52)46(36(26)51)28-10-11-30(47)43-35(28)50/h4-9,17-18,22,24,28,32,48H,2-3,10-16,19-20,38H2,1H3,(H,40,42)(H,41,49)(H,43,47,50). The lowest BCUT2D eigenvalue weighted by Gasteiger charge is -2.36. The second-order valence-electron chi connectivity index (χ2n) is 14.5. The van der Waals surface area contributed by atoms with Crippen molar-refractivity contribution in [3.63, 3.8) is 0 Å². The zero-order chi connectivity index (χ0) is 39.0. The summed E-state index contributed by atoms with van der Waals surface area (Å²) in [5, 5.41) is 18.7. The molecule has 2 aromatic carbocycles. The number of fused-ring (bicyclic) bond motifs is 1. The maximum absolute atomic E-state index is 13.4. The summed E-state index contributed by atoms with van der Waals surface area (Å²) in [6, 6.07) is 10.1. The summed E-state index contributed by atoms with van der Waals surface area (Å²) in [6.45, 7) is 3.06. The van der Waals surface area contributed by atoms with Crippen LogP contribution in [-0.4, -0.2) is 107 Å². The zero-order valence-electron chi connectivity index (χ0n) is 30.2. The molecule has 0 radical (unpaired) electrons. The largest absolute Gasteiger partial charge is 0.373 e. The number of aromatic nitrogens is 2. The van der Waals surface area contributed by atoms with Gasteiger partial charge < -0.3 is 26.4 Å². The molecule has 0 saturated carbocycles. The molecule has 3 unspecified atom stereocenters. The number of carbonyl (C=O) groups is 5. The molecule has 7 rings (SSSR count). The van der Waals surface area contributed by atoms with Gasteiger partial charge in [-0.25, -0.2) is 18.4 Å². The molecule has 5 amide bonds. The fraction of sp³-hybridized carbons (Fsp3) is 0.432. The predicted molar refractivity (Wildman–Crippen MR) is 199 cm³/mol. The van der Waals surface area contributed by atoms with Gasteiger partial charge >= 0.3 is 0 Å². The molecule has 0 bridgehead atoms. The molecule has 4 aliphatic rings. The van der Waals surface area contributed by atoms with E-state index < -0.39 is 45.7 Å². The van der Waals surface area contributed by atoms with Crippen LogP contribution in [0.15, 0.2) is 53.6 Å². The third kappa shape index (κ3) is 8.22. The van der Waals surface area contributed by atoms with Crippen LogP contribution in [-0.2, 0) is 30.8 Å². The highest BCUT2D eigenvalue weighted by atomic mass is 32.2. The van der Waals surface area contributed by atoms with Crippen LogP contribution in [0.4, 0.5) is 17.3 Å². The van der Waals surface area contributed by atoms with Crippen molar-refractivity contribution < 1.29 is 37.5 Å². The van der Waals surface area contributed by atoms with E-state index in [1.54, 1.807) is 30.3 Å². The van der Waals surface area contributed by atoms with Gasteiger partial charge in [0.25, 0.3) is 11.8 Å². The number of aliphatic hydroxyl groups excluding tert-OH is 1. The Morgan fingerprint density at radius 3 is 2.42 bits per heavy atom. The molecule has 3 saturated heterocycles. The van der Waals surface area contributed by atoms with Crippen LogP contribution >= 0.6 is 0 Å². The Bertz CT molecular complexity index is 2140. The van der Waals surface area contributed by atoms with Crippen molar-refractivity contribution in [1.29, 1.82) is 0 Å². The Morgan fingerprint density at radius 1 is 1.00 bits per heavy atom. The Morgan fingerprint density at radius 2 is 1.73 bits per heavy atom. The number of likely N-dealkylation sites (tertiary alicyclic amines) is 1. The van der Waals surface area contributed by atoms with E-state index in [0.29, 0.717) is 57.1 Å². The van der Waals surface area contributed by atoms with Crippen LogP contribution < -0.4 is 26.6 Å². The summed E-state index contributed by atoms with van der Waals surface area (Å²) in [5.74, 6) is -1.55. The van der Waals surface area contributed by atoms with Gasteiger partial charge in [0.1, 0.15) is 23.8 Å². The van der Waals surface area contributed by atoms with Crippen molar-refractivity contribution in [3.8, 4) is 0 Å². The first kappa shape index (κ1) is 38.0. The number of rotatable bonds is 10. The first-order valence-electron chi connectivity index (χ1n) is 18.2. The summed E-state index contributed by atoms with van der Waals surface area (Å²) in [4.78, 5) is 78.2. The molecule has 290 valence electrons. The van der Waals surface area contributed by atoms with Gasteiger partial charge in [-0.3, -0.25) is 39.1 Å². The van der Waals surface area contributed by atoms with Crippen molar-refractivity contribution in [3.05, 3.63) is 71.0 Å². The maximum atomic E-state index is 13.4. The fourth-order valence-electron chi connectivity index (χ4n) is 7.62. The molecule has 0 aliphatic carbocycles. The number of nitrogens with two attached hydrogens (primary N) is 1. The quantitative estimate of drug-likeness (QED) is 0.143. The van der Waals surface area contributed by atoms with Crippen molar-refractivity contribution >= 4 is 56.7 Å². The normalized spacial score (nSPS) is 21.7. The molecular formula is C37H43N9O8S. The Balaban J connectivity index is 0.924. The molecule has 3 aromatic rings. The molecule has 17 nitrogen and oxygen atoms in total. The minimum Gasteiger partial charge on any atom is -0.373 e. The lowest BCUT2D eigenvalue weighted by atomic mass is 9.94. The molecule has 18 heteroatoms. The zero-order valence-corrected chi connectivity index (χ0v) is 31.0. The highest BCUT2D eigenvalue weighted by Gasteiger charge is 2.44. The highest BCUT2D eigenvalue weighted by molar-refractivity contribution is 7.90. The summed E-state index contributed by atoms with van der Waals surface area (Å²) < 4.78 is 23.7. The van der Waals surface area contributed by atoms with E-state index in [1.807, 2.05) is 4.90 Å².